The minimum absolute atomic E-state index is 0. The van der Waals surface area contributed by atoms with Crippen LogP contribution in [0.5, 0.6) is 5.75 Å². The van der Waals surface area contributed by atoms with Crippen molar-refractivity contribution in [3.8, 4) is 5.75 Å². The summed E-state index contributed by atoms with van der Waals surface area (Å²) in [6, 6.07) is 3.58. The Kier molecular flexibility index (Phi) is 11.7. The molecule has 2 aliphatic carbocycles. The van der Waals surface area contributed by atoms with E-state index in [0.717, 1.165) is 37.5 Å². The average molecular weight is 724 g/mol. The number of nitrogens with one attached hydrogen (secondary N) is 4. The number of carbonyl (C=O) groups is 4. The van der Waals surface area contributed by atoms with Crippen molar-refractivity contribution in [1.29, 1.82) is 0 Å². The number of aromatic nitrogens is 1. The summed E-state index contributed by atoms with van der Waals surface area (Å²) in [6.07, 6.45) is 5.03. The molecular weight excluding hydrogens is 677 g/mol. The maximum Gasteiger partial charge on any atom is 1.00 e. The van der Waals surface area contributed by atoms with Crippen LogP contribution in [0.2, 0.25) is 0 Å². The molecule has 1 aromatic heterocycles. The Hall–Kier alpha value is -2.69. The molecule has 0 bridgehead atoms. The first kappa shape index (κ1) is 38.5. The molecule has 2 aliphatic heterocycles. The number of methoxy groups -OCH3 is 1. The van der Waals surface area contributed by atoms with Crippen LogP contribution in [0.1, 0.15) is 75.7 Å². The Morgan fingerprint density at radius 3 is 2.50 bits per heavy atom. The van der Waals surface area contributed by atoms with E-state index in [-0.39, 0.29) is 77.3 Å². The second-order valence-electron chi connectivity index (χ2n) is 14.7. The minimum Gasteiger partial charge on any atom is -0.746 e. The van der Waals surface area contributed by atoms with Gasteiger partial charge in [0.15, 0.2) is 5.44 Å². The predicted molar refractivity (Wildman–Crippen MR) is 177 cm³/mol. The standard InChI is InChI=1S/C34H47N5O9S.Na/c1-34(2)21-17-39(28(26(21)34)31(42)37-24(33(44)49(45,46)47)15-19-11-8-14-35-29(19)40)32(43)27(18-9-5-4-6-10-18)38-30(41)23-16-20-22(36-23)12-7-13-25(20)48-3;/h7,12-13,16,18-19,21,24,26-28,33,36,44H,4-6,8-11,14-15,17H2,1-3H3,(H,35,40)(H,37,42)(H,38,41)(H,45,46,47);/q;+1/p-1/t19-,21-,24-,26-,27-,28-,33?;/m0./s1. The van der Waals surface area contributed by atoms with E-state index in [0.29, 0.717) is 30.7 Å². The van der Waals surface area contributed by atoms with Gasteiger partial charge in [-0.3, -0.25) is 19.2 Å². The fourth-order valence-corrected chi connectivity index (χ4v) is 9.15. The SMILES string of the molecule is COc1cccc2[nH]c(C(=O)N[C@H](C(=O)N3C[C@H]4[C@@H]([C@H]3C(=O)N[C@@H](C[C@@H]3CCCNC3=O)C(O)S(=O)(=O)[O-])C4(C)C)C3CCCCC3)cc12.[Na+]. The Balaban J connectivity index is 0.00000486. The number of hydrogen-bond donors (Lipinski definition) is 5. The Labute approximate surface area is 314 Å². The Bertz CT molecular complexity index is 1730. The second kappa shape index (κ2) is 15.1. The summed E-state index contributed by atoms with van der Waals surface area (Å²) in [5.41, 5.74) is -1.82. The number of rotatable bonds is 11. The molecule has 5 N–H and O–H groups in total. The van der Waals surface area contributed by atoms with Crippen LogP contribution < -0.4 is 50.2 Å². The number of H-pyrrole nitrogens is 1. The molecule has 50 heavy (non-hydrogen) atoms. The van der Waals surface area contributed by atoms with Crippen LogP contribution >= 0.6 is 0 Å². The molecular formula is C34H46N5NaO9S. The molecule has 0 radical (unpaired) electrons. The number of hydrogen-bond acceptors (Lipinski definition) is 9. The van der Waals surface area contributed by atoms with Crippen LogP contribution in [0.4, 0.5) is 0 Å². The number of aliphatic hydroxyl groups is 1. The van der Waals surface area contributed by atoms with Gasteiger partial charge < -0.3 is 40.2 Å². The largest absolute Gasteiger partial charge is 1.00 e. The third kappa shape index (κ3) is 7.58. The van der Waals surface area contributed by atoms with Gasteiger partial charge in [-0.05, 0) is 73.5 Å². The van der Waals surface area contributed by atoms with Gasteiger partial charge >= 0.3 is 29.6 Å². The smallest absolute Gasteiger partial charge is 0.746 e. The van der Waals surface area contributed by atoms with E-state index < -0.39 is 57.3 Å². The topological polar surface area (TPSA) is 210 Å². The summed E-state index contributed by atoms with van der Waals surface area (Å²) >= 11 is 0. The minimum atomic E-state index is -5.26. The number of likely N-dealkylation sites (tertiary alicyclic amines) is 1. The van der Waals surface area contributed by atoms with Gasteiger partial charge in [-0.25, -0.2) is 8.42 Å². The fraction of sp³-hybridized carbons (Fsp3) is 0.647. The fourth-order valence-electron chi connectivity index (χ4n) is 8.57. The van der Waals surface area contributed by atoms with E-state index in [4.69, 9.17) is 4.74 Å². The zero-order chi connectivity index (χ0) is 35.2. The van der Waals surface area contributed by atoms with Crippen molar-refractivity contribution in [2.45, 2.75) is 88.8 Å². The zero-order valence-corrected chi connectivity index (χ0v) is 31.9. The first-order valence-electron chi connectivity index (χ1n) is 17.2. The number of amides is 4. The average Bonchev–Trinajstić information content (AvgIpc) is 3.44. The maximum atomic E-state index is 14.6. The van der Waals surface area contributed by atoms with Gasteiger partial charge in [0.25, 0.3) is 5.91 Å². The Morgan fingerprint density at radius 1 is 1.12 bits per heavy atom. The van der Waals surface area contributed by atoms with Crippen LogP contribution in [-0.4, -0.2) is 95.4 Å². The summed E-state index contributed by atoms with van der Waals surface area (Å²) in [6.45, 7) is 4.71. The predicted octanol–water partition coefficient (Wildman–Crippen LogP) is -1.39. The van der Waals surface area contributed by atoms with Crippen LogP contribution in [0.25, 0.3) is 10.9 Å². The zero-order valence-electron chi connectivity index (χ0n) is 29.1. The van der Waals surface area contributed by atoms with Gasteiger partial charge in [-0.1, -0.05) is 39.2 Å². The first-order chi connectivity index (χ1) is 23.2. The van der Waals surface area contributed by atoms with E-state index in [1.54, 1.807) is 25.3 Å². The van der Waals surface area contributed by atoms with Gasteiger partial charge in [0, 0.05) is 29.9 Å². The third-order valence-corrected chi connectivity index (χ3v) is 12.3. The number of nitrogens with zero attached hydrogens (tertiary/aromatic N) is 1. The maximum absolute atomic E-state index is 14.6. The monoisotopic (exact) mass is 723 g/mol. The van der Waals surface area contributed by atoms with E-state index >= 15 is 0 Å². The molecule has 1 unspecified atom stereocenters. The number of carbonyl (C=O) groups excluding carboxylic acids is 4. The van der Waals surface area contributed by atoms with Crippen LogP contribution in [0.3, 0.4) is 0 Å². The van der Waals surface area contributed by atoms with Crippen LogP contribution in [0.15, 0.2) is 24.3 Å². The van der Waals surface area contributed by atoms with E-state index in [9.17, 15) is 37.3 Å². The van der Waals surface area contributed by atoms with Crippen molar-refractivity contribution in [2.75, 3.05) is 20.2 Å². The van der Waals surface area contributed by atoms with Crippen LogP contribution in [0, 0.1) is 29.1 Å². The number of benzene rings is 1. The summed E-state index contributed by atoms with van der Waals surface area (Å²) in [5, 5.41) is 19.6. The molecule has 4 amide bonds. The van der Waals surface area contributed by atoms with Crippen molar-refractivity contribution in [2.24, 2.45) is 29.1 Å². The van der Waals surface area contributed by atoms with Gasteiger partial charge in [-0.2, -0.15) is 0 Å². The molecule has 0 spiro atoms. The van der Waals surface area contributed by atoms with Crippen molar-refractivity contribution >= 4 is 44.6 Å². The van der Waals surface area contributed by atoms with Crippen molar-refractivity contribution in [3.05, 3.63) is 30.0 Å². The first-order valence-corrected chi connectivity index (χ1v) is 18.7. The van der Waals surface area contributed by atoms with Crippen LogP contribution in [-0.2, 0) is 24.5 Å². The molecule has 2 aromatic rings. The van der Waals surface area contributed by atoms with Crippen molar-refractivity contribution in [1.82, 2.24) is 25.8 Å². The quantitative estimate of drug-likeness (QED) is 0.136. The summed E-state index contributed by atoms with van der Waals surface area (Å²) in [5.74, 6) is -2.49. The number of ether oxygens (including phenoxy) is 1. The number of aromatic amines is 1. The van der Waals surface area contributed by atoms with E-state index in [1.807, 2.05) is 19.9 Å². The molecule has 268 valence electrons. The summed E-state index contributed by atoms with van der Waals surface area (Å²) in [7, 11) is -3.71. The number of aliphatic hydroxyl groups excluding tert-OH is 1. The van der Waals surface area contributed by atoms with E-state index in [2.05, 4.69) is 20.9 Å². The third-order valence-electron chi connectivity index (χ3n) is 11.4. The van der Waals surface area contributed by atoms with Gasteiger partial charge in [-0.15, -0.1) is 0 Å². The molecule has 1 aromatic carbocycles. The Morgan fingerprint density at radius 2 is 1.84 bits per heavy atom. The summed E-state index contributed by atoms with van der Waals surface area (Å²) < 4.78 is 41.3. The molecule has 14 nitrogen and oxygen atoms in total. The van der Waals surface area contributed by atoms with E-state index in [1.165, 1.54) is 4.90 Å². The molecule has 6 rings (SSSR count). The molecule has 4 fully saturated rings. The van der Waals surface area contributed by atoms with Gasteiger partial charge in [0.1, 0.15) is 33.6 Å². The summed E-state index contributed by atoms with van der Waals surface area (Å²) in [4.78, 5) is 59.5. The normalized spacial score (nSPS) is 26.5. The molecule has 2 saturated carbocycles. The molecule has 16 heteroatoms. The van der Waals surface area contributed by atoms with Crippen molar-refractivity contribution in [3.63, 3.8) is 0 Å². The second-order valence-corrected chi connectivity index (χ2v) is 16.2. The van der Waals surface area contributed by atoms with Gasteiger partial charge in [0.2, 0.25) is 17.7 Å². The van der Waals surface area contributed by atoms with Crippen molar-refractivity contribution < 1.29 is 71.5 Å². The van der Waals surface area contributed by atoms with Gasteiger partial charge in [0.05, 0.1) is 13.2 Å². The number of piperidine rings is 2. The molecule has 4 aliphatic rings. The molecule has 2 saturated heterocycles. The molecule has 7 atom stereocenters. The molecule has 3 heterocycles. The number of fused-ring (bicyclic) bond motifs is 2.